The van der Waals surface area contributed by atoms with Crippen LogP contribution in [0.5, 0.6) is 0 Å². The lowest BCUT2D eigenvalue weighted by atomic mass is 10.1. The monoisotopic (exact) mass is 1410 g/mol. The molecule has 2 atom stereocenters. The summed E-state index contributed by atoms with van der Waals surface area (Å²) in [5.74, 6) is -0.596. The molecule has 20 nitrogen and oxygen atoms in total. The number of methoxy groups -OCH3 is 2. The van der Waals surface area contributed by atoms with Gasteiger partial charge in [-0.2, -0.15) is 0 Å². The molecular formula is C55H64Cl2I2N10O10S2. The molecule has 2 saturated heterocycles. The Morgan fingerprint density at radius 2 is 1.11 bits per heavy atom. The fourth-order valence-electron chi connectivity index (χ4n) is 9.04. The number of imidazole rings is 2. The van der Waals surface area contributed by atoms with Crippen molar-refractivity contribution >= 4 is 150 Å². The molecular weight excluding hydrogens is 1350 g/mol. The van der Waals surface area contributed by atoms with Gasteiger partial charge in [-0.25, -0.2) is 29.1 Å². The minimum Gasteiger partial charge on any atom is -0.465 e. The third-order valence-corrected chi connectivity index (χ3v) is 16.6. The molecule has 2 aromatic carbocycles. The smallest absolute Gasteiger partial charge is 0.407 e. The van der Waals surface area contributed by atoms with Crippen molar-refractivity contribution in [3.63, 3.8) is 0 Å². The predicted octanol–water partition coefficient (Wildman–Crippen LogP) is 11.6. The Morgan fingerprint density at radius 1 is 0.667 bits per heavy atom. The van der Waals surface area contributed by atoms with Gasteiger partial charge in [0.25, 0.3) is 11.8 Å². The van der Waals surface area contributed by atoms with Crippen LogP contribution in [-0.2, 0) is 32.0 Å². The van der Waals surface area contributed by atoms with E-state index in [0.29, 0.717) is 101 Å². The summed E-state index contributed by atoms with van der Waals surface area (Å²) in [5, 5.41) is 13.4. The topological polar surface area (TPSA) is 221 Å². The minimum absolute atomic E-state index is 0.155. The van der Waals surface area contributed by atoms with Gasteiger partial charge in [0, 0.05) is 55.4 Å². The molecule has 0 saturated carbocycles. The number of nitrogens with one attached hydrogen (secondary N) is 3. The fourth-order valence-corrected chi connectivity index (χ4v) is 12.5. The molecule has 4 aromatic heterocycles. The van der Waals surface area contributed by atoms with Crippen LogP contribution in [0.2, 0.25) is 10.0 Å². The number of nitrogens with zero attached hydrogens (tertiary/aromatic N) is 7. The van der Waals surface area contributed by atoms with Crippen molar-refractivity contribution in [1.82, 2.24) is 29.7 Å². The van der Waals surface area contributed by atoms with E-state index in [1.54, 1.807) is 36.0 Å². The Labute approximate surface area is 515 Å². The largest absolute Gasteiger partial charge is 0.465 e. The lowest BCUT2D eigenvalue weighted by Crippen LogP contribution is -2.49. The molecule has 6 aromatic rings. The highest BCUT2D eigenvalue weighted by molar-refractivity contribution is 14.1. The SMILES string of the molecule is COC(=O)c1sccc1N(C)C(=O)c1c(I)nc(N2CCC[C@@H](NC(=O)OC(C)(C)C)C2)n1Cc1ccccc1Cl.COC(=O)c1sccc1NC(=O)c1c(I)nc(N2CCC[C@@H](NC(=O)OC(C)(C)C)C2)n1Cc1ccccc1Cl. The highest BCUT2D eigenvalue weighted by atomic mass is 127. The Bertz CT molecular complexity index is 3260. The standard InChI is InChI=1S/C28H33ClIN5O5S.C27H31ClIN5O5S/c1-28(2,3)40-27(38)31-18-10-8-13-34(16-18)26-32-23(30)21(35(26)15-17-9-6-7-11-19(17)29)24(36)33(4)20-12-14-41-22(20)25(37)39-5;1-27(2,3)39-26(37)30-17-9-7-12-33(15-17)25-32-22(29)20(34(25)14-16-8-5-6-10-18(16)28)23(35)31-19-11-13-40-21(19)24(36)38-4/h6-7,9,11-12,14,18H,8,10,13,15-16H2,1-5H3,(H,31,38);5-6,8,10-11,13,17H,7,9,12,14-15H2,1-4H3,(H,30,37)(H,31,35)/t18-;17-/m11/s1. The number of thiophene rings is 2. The van der Waals surface area contributed by atoms with E-state index in [1.807, 2.05) is 116 Å². The van der Waals surface area contributed by atoms with Crippen LogP contribution >= 0.6 is 91.1 Å². The zero-order chi connectivity index (χ0) is 58.9. The summed E-state index contributed by atoms with van der Waals surface area (Å²) in [6, 6.07) is 18.0. The number of anilines is 4. The summed E-state index contributed by atoms with van der Waals surface area (Å²) in [6.07, 6.45) is 2.28. The number of alkyl carbamates (subject to hydrolysis) is 2. The molecule has 434 valence electrons. The van der Waals surface area contributed by atoms with Crippen molar-refractivity contribution in [2.24, 2.45) is 0 Å². The molecule has 81 heavy (non-hydrogen) atoms. The lowest BCUT2D eigenvalue weighted by molar-refractivity contribution is 0.0488. The Morgan fingerprint density at radius 3 is 1.59 bits per heavy atom. The maximum atomic E-state index is 14.0. The number of carbonyl (C=O) groups is 6. The molecule has 26 heteroatoms. The molecule has 2 aliphatic rings. The van der Waals surface area contributed by atoms with Gasteiger partial charge in [0.1, 0.15) is 39.7 Å². The van der Waals surface area contributed by atoms with E-state index >= 15 is 0 Å². The summed E-state index contributed by atoms with van der Waals surface area (Å²) in [6.45, 7) is 13.9. The first-order chi connectivity index (χ1) is 38.4. The number of benzene rings is 2. The van der Waals surface area contributed by atoms with Crippen LogP contribution < -0.4 is 30.7 Å². The molecule has 0 radical (unpaired) electrons. The van der Waals surface area contributed by atoms with Crippen molar-refractivity contribution in [3.05, 3.63) is 121 Å². The highest BCUT2D eigenvalue weighted by Crippen LogP contribution is 2.34. The number of ether oxygens (including phenoxy) is 4. The lowest BCUT2D eigenvalue weighted by Gasteiger charge is -2.34. The van der Waals surface area contributed by atoms with Crippen LogP contribution in [0.15, 0.2) is 71.4 Å². The average molecular weight is 1410 g/mol. The van der Waals surface area contributed by atoms with Gasteiger partial charge in [-0.1, -0.05) is 59.6 Å². The van der Waals surface area contributed by atoms with E-state index in [4.69, 9.17) is 52.1 Å². The van der Waals surface area contributed by atoms with Crippen LogP contribution in [0.4, 0.5) is 32.9 Å². The number of halogens is 4. The molecule has 0 unspecified atom stereocenters. The molecule has 8 rings (SSSR count). The molecule has 0 bridgehead atoms. The van der Waals surface area contributed by atoms with Crippen molar-refractivity contribution in [2.45, 2.75) is 104 Å². The van der Waals surface area contributed by atoms with Gasteiger partial charge < -0.3 is 58.7 Å². The van der Waals surface area contributed by atoms with Gasteiger partial charge in [0.2, 0.25) is 11.9 Å². The normalized spacial score (nSPS) is 15.4. The van der Waals surface area contributed by atoms with Gasteiger partial charge in [-0.15, -0.1) is 22.7 Å². The van der Waals surface area contributed by atoms with Gasteiger partial charge in [0.05, 0.1) is 38.7 Å². The second kappa shape index (κ2) is 27.6. The number of esters is 2. The first kappa shape index (κ1) is 62.9. The summed E-state index contributed by atoms with van der Waals surface area (Å²) in [7, 11) is 4.23. The van der Waals surface area contributed by atoms with E-state index in [9.17, 15) is 28.8 Å². The van der Waals surface area contributed by atoms with Crippen LogP contribution in [-0.4, -0.2) is 126 Å². The Hall–Kier alpha value is -5.68. The average Bonchev–Trinajstić information content (AvgIpc) is 4.36. The van der Waals surface area contributed by atoms with Crippen LogP contribution in [0.3, 0.4) is 0 Å². The number of carbonyl (C=O) groups excluding carboxylic acids is 6. The first-order valence-electron chi connectivity index (χ1n) is 25.7. The van der Waals surface area contributed by atoms with Gasteiger partial charge in [0.15, 0.2) is 0 Å². The summed E-state index contributed by atoms with van der Waals surface area (Å²) in [4.78, 5) is 93.0. The Kier molecular flexibility index (Phi) is 21.4. The summed E-state index contributed by atoms with van der Waals surface area (Å²) in [5.41, 5.74) is 1.97. The van der Waals surface area contributed by atoms with E-state index in [1.165, 1.54) is 41.8 Å². The van der Waals surface area contributed by atoms with Crippen molar-refractivity contribution in [1.29, 1.82) is 0 Å². The minimum atomic E-state index is -0.600. The van der Waals surface area contributed by atoms with E-state index in [0.717, 1.165) is 36.8 Å². The molecule has 0 aliphatic carbocycles. The summed E-state index contributed by atoms with van der Waals surface area (Å²) >= 11 is 19.6. The number of aromatic nitrogens is 4. The predicted molar refractivity (Wildman–Crippen MR) is 332 cm³/mol. The molecule has 2 fully saturated rings. The molecule has 3 N–H and O–H groups in total. The first-order valence-corrected chi connectivity index (χ1v) is 30.4. The molecule has 2 aliphatic heterocycles. The number of hydrogen-bond donors (Lipinski definition) is 3. The van der Waals surface area contributed by atoms with E-state index in [-0.39, 0.29) is 18.0 Å². The van der Waals surface area contributed by atoms with E-state index in [2.05, 4.69) is 48.3 Å². The van der Waals surface area contributed by atoms with E-state index < -0.39 is 41.2 Å². The summed E-state index contributed by atoms with van der Waals surface area (Å²) < 4.78 is 25.4. The third-order valence-electron chi connectivity index (χ3n) is 12.6. The maximum Gasteiger partial charge on any atom is 0.407 e. The number of hydrogen-bond acceptors (Lipinski definition) is 16. The van der Waals surface area contributed by atoms with Crippen molar-refractivity contribution in [3.8, 4) is 0 Å². The van der Waals surface area contributed by atoms with Crippen LogP contribution in [0.25, 0.3) is 0 Å². The second-order valence-electron chi connectivity index (χ2n) is 20.9. The third kappa shape index (κ3) is 16.3. The van der Waals surface area contributed by atoms with Crippen LogP contribution in [0.1, 0.15) is 119 Å². The number of piperidine rings is 2. The highest BCUT2D eigenvalue weighted by Gasteiger charge is 2.34. The maximum absolute atomic E-state index is 14.0. The Balaban J connectivity index is 0.000000234. The van der Waals surface area contributed by atoms with Crippen molar-refractivity contribution < 1.29 is 47.7 Å². The van der Waals surface area contributed by atoms with Gasteiger partial charge in [-0.05, 0) is 159 Å². The molecule has 4 amide bonds. The van der Waals surface area contributed by atoms with Gasteiger partial charge in [-0.3, -0.25) is 9.59 Å². The molecule has 6 heterocycles. The van der Waals surface area contributed by atoms with Crippen LogP contribution in [0, 0.1) is 7.40 Å². The molecule has 0 spiro atoms. The fraction of sp³-hybridized carbons (Fsp3) is 0.418. The number of amides is 4. The number of rotatable bonds is 14. The zero-order valence-electron chi connectivity index (χ0n) is 46.2. The van der Waals surface area contributed by atoms with Crippen molar-refractivity contribution in [2.75, 3.05) is 67.5 Å². The van der Waals surface area contributed by atoms with Gasteiger partial charge >= 0.3 is 24.1 Å². The quantitative estimate of drug-likeness (QED) is 0.0525. The zero-order valence-corrected chi connectivity index (χ0v) is 53.7. The second-order valence-corrected chi connectivity index (χ2v) is 25.6.